The van der Waals surface area contributed by atoms with Crippen molar-refractivity contribution < 1.29 is 18.7 Å². The van der Waals surface area contributed by atoms with E-state index in [-0.39, 0.29) is 18.4 Å². The minimum absolute atomic E-state index is 0.0374. The molecular formula is C18H23FN2O3. The molecule has 0 aliphatic carbocycles. The second-order valence-electron chi connectivity index (χ2n) is 6.03. The summed E-state index contributed by atoms with van der Waals surface area (Å²) in [5.74, 6) is 0.854. The van der Waals surface area contributed by atoms with E-state index in [9.17, 15) is 14.3 Å². The zero-order valence-electron chi connectivity index (χ0n) is 13.9. The molecule has 0 spiro atoms. The Hall–Kier alpha value is -2.34. The Labute approximate surface area is 140 Å². The molecule has 1 aromatic heterocycles. The van der Waals surface area contributed by atoms with Crippen LogP contribution in [0.2, 0.25) is 0 Å². The van der Waals surface area contributed by atoms with Crippen LogP contribution in [0, 0.1) is 12.7 Å². The summed E-state index contributed by atoms with van der Waals surface area (Å²) >= 11 is 0. The molecule has 0 saturated heterocycles. The normalized spacial score (nSPS) is 13.3. The van der Waals surface area contributed by atoms with Gasteiger partial charge in [0.2, 0.25) is 0 Å². The molecule has 0 radical (unpaired) electrons. The quantitative estimate of drug-likeness (QED) is 0.682. The van der Waals surface area contributed by atoms with E-state index in [1.807, 2.05) is 6.07 Å². The van der Waals surface area contributed by atoms with E-state index in [2.05, 4.69) is 10.6 Å². The van der Waals surface area contributed by atoms with Crippen LogP contribution in [0.5, 0.6) is 0 Å². The summed E-state index contributed by atoms with van der Waals surface area (Å²) in [5, 5.41) is 15.7. The Morgan fingerprint density at radius 2 is 2.08 bits per heavy atom. The number of nitrogens with one attached hydrogen (secondary N) is 2. The van der Waals surface area contributed by atoms with E-state index in [1.165, 1.54) is 12.1 Å². The summed E-state index contributed by atoms with van der Waals surface area (Å²) in [7, 11) is 0. The fourth-order valence-corrected chi connectivity index (χ4v) is 2.31. The summed E-state index contributed by atoms with van der Waals surface area (Å²) < 4.78 is 18.4. The number of carbonyl (C=O) groups is 1. The van der Waals surface area contributed by atoms with Gasteiger partial charge in [0, 0.05) is 6.54 Å². The first-order valence-corrected chi connectivity index (χ1v) is 7.92. The highest BCUT2D eigenvalue weighted by atomic mass is 19.1. The summed E-state index contributed by atoms with van der Waals surface area (Å²) in [6.45, 7) is 3.87. The molecule has 0 aliphatic heterocycles. The van der Waals surface area contributed by atoms with Crippen molar-refractivity contribution in [2.24, 2.45) is 0 Å². The fourth-order valence-electron chi connectivity index (χ4n) is 2.31. The van der Waals surface area contributed by atoms with Gasteiger partial charge in [-0.1, -0.05) is 12.1 Å². The van der Waals surface area contributed by atoms with Crippen molar-refractivity contribution in [1.82, 2.24) is 10.6 Å². The SMILES string of the molecule is Cc1ccc(C(C)(O)CNC(=O)NCCCc2cccc(F)c2)o1. The van der Waals surface area contributed by atoms with Crippen LogP contribution in [0.1, 0.15) is 30.4 Å². The maximum Gasteiger partial charge on any atom is 0.314 e. The van der Waals surface area contributed by atoms with Crippen molar-refractivity contribution in [3.05, 3.63) is 59.3 Å². The Morgan fingerprint density at radius 1 is 1.29 bits per heavy atom. The van der Waals surface area contributed by atoms with Crippen molar-refractivity contribution in [2.75, 3.05) is 13.1 Å². The standard InChI is InChI=1S/C18H23FN2O3/c1-13-8-9-16(24-13)18(2,23)12-21-17(22)20-10-4-6-14-5-3-7-15(19)11-14/h3,5,7-9,11,23H,4,6,10,12H2,1-2H3,(H2,20,21,22). The number of halogens is 1. The lowest BCUT2D eigenvalue weighted by Crippen LogP contribution is -2.43. The van der Waals surface area contributed by atoms with Crippen molar-refractivity contribution in [3.63, 3.8) is 0 Å². The first-order chi connectivity index (χ1) is 11.4. The molecule has 1 unspecified atom stereocenters. The van der Waals surface area contributed by atoms with Crippen molar-refractivity contribution >= 4 is 6.03 Å². The molecule has 3 N–H and O–H groups in total. The molecule has 0 bridgehead atoms. The number of aryl methyl sites for hydroxylation is 2. The average molecular weight is 334 g/mol. The highest BCUT2D eigenvalue weighted by molar-refractivity contribution is 5.73. The lowest BCUT2D eigenvalue weighted by molar-refractivity contribution is 0.0360. The number of furan rings is 1. The van der Waals surface area contributed by atoms with Gasteiger partial charge in [-0.05, 0) is 56.5 Å². The molecule has 130 valence electrons. The molecule has 1 aromatic carbocycles. The van der Waals surface area contributed by atoms with Crippen LogP contribution in [0.4, 0.5) is 9.18 Å². The predicted octanol–water partition coefficient (Wildman–Crippen LogP) is 2.87. The van der Waals surface area contributed by atoms with Crippen LogP contribution < -0.4 is 10.6 Å². The Kier molecular flexibility index (Phi) is 5.98. The molecule has 0 saturated carbocycles. The number of benzene rings is 1. The molecule has 0 fully saturated rings. The average Bonchev–Trinajstić information content (AvgIpc) is 2.97. The number of urea groups is 1. The van der Waals surface area contributed by atoms with Crippen molar-refractivity contribution in [2.45, 2.75) is 32.3 Å². The van der Waals surface area contributed by atoms with Gasteiger partial charge in [-0.15, -0.1) is 0 Å². The van der Waals surface area contributed by atoms with E-state index in [1.54, 1.807) is 32.0 Å². The largest absolute Gasteiger partial charge is 0.463 e. The fraction of sp³-hybridized carbons (Fsp3) is 0.389. The van der Waals surface area contributed by atoms with Crippen LogP contribution in [-0.4, -0.2) is 24.2 Å². The summed E-state index contributed by atoms with van der Waals surface area (Å²) in [6, 6.07) is 9.50. The Balaban J connectivity index is 1.68. The number of rotatable bonds is 7. The van der Waals surface area contributed by atoms with Gasteiger partial charge >= 0.3 is 6.03 Å². The highest BCUT2D eigenvalue weighted by Crippen LogP contribution is 2.21. The van der Waals surface area contributed by atoms with Crippen LogP contribution in [-0.2, 0) is 12.0 Å². The van der Waals surface area contributed by atoms with E-state index >= 15 is 0 Å². The van der Waals surface area contributed by atoms with Crippen LogP contribution >= 0.6 is 0 Å². The van der Waals surface area contributed by atoms with Crippen LogP contribution in [0.25, 0.3) is 0 Å². The first kappa shape index (κ1) is 18.0. The molecule has 1 heterocycles. The van der Waals surface area contributed by atoms with Gasteiger partial charge in [0.1, 0.15) is 22.9 Å². The maximum absolute atomic E-state index is 13.0. The predicted molar refractivity (Wildman–Crippen MR) is 89.1 cm³/mol. The van der Waals surface area contributed by atoms with Gasteiger partial charge in [0.25, 0.3) is 0 Å². The number of amides is 2. The summed E-state index contributed by atoms with van der Waals surface area (Å²) in [5.41, 5.74) is -0.374. The van der Waals surface area contributed by atoms with Gasteiger partial charge in [-0.2, -0.15) is 0 Å². The van der Waals surface area contributed by atoms with E-state index in [4.69, 9.17) is 4.42 Å². The zero-order chi connectivity index (χ0) is 17.6. The first-order valence-electron chi connectivity index (χ1n) is 7.92. The van der Waals surface area contributed by atoms with Crippen molar-refractivity contribution in [1.29, 1.82) is 0 Å². The molecule has 2 rings (SSSR count). The van der Waals surface area contributed by atoms with Gasteiger partial charge < -0.3 is 20.2 Å². The van der Waals surface area contributed by atoms with Crippen molar-refractivity contribution in [3.8, 4) is 0 Å². The third kappa shape index (κ3) is 5.38. The molecule has 0 aliphatic rings. The van der Waals surface area contributed by atoms with E-state index in [0.717, 1.165) is 5.56 Å². The minimum Gasteiger partial charge on any atom is -0.463 e. The highest BCUT2D eigenvalue weighted by Gasteiger charge is 2.27. The van der Waals surface area contributed by atoms with Gasteiger partial charge in [0.05, 0.1) is 6.54 Å². The molecule has 2 aromatic rings. The lowest BCUT2D eigenvalue weighted by atomic mass is 10.0. The lowest BCUT2D eigenvalue weighted by Gasteiger charge is -2.21. The topological polar surface area (TPSA) is 74.5 Å². The van der Waals surface area contributed by atoms with E-state index < -0.39 is 5.60 Å². The zero-order valence-corrected chi connectivity index (χ0v) is 13.9. The number of hydrogen-bond acceptors (Lipinski definition) is 3. The third-order valence-electron chi connectivity index (χ3n) is 3.68. The van der Waals surface area contributed by atoms with Gasteiger partial charge in [-0.3, -0.25) is 0 Å². The third-order valence-corrected chi connectivity index (χ3v) is 3.68. The van der Waals surface area contributed by atoms with Gasteiger partial charge in [0.15, 0.2) is 0 Å². The molecule has 5 nitrogen and oxygen atoms in total. The summed E-state index contributed by atoms with van der Waals surface area (Å²) in [6.07, 6.45) is 1.38. The summed E-state index contributed by atoms with van der Waals surface area (Å²) in [4.78, 5) is 11.8. The maximum atomic E-state index is 13.0. The molecular weight excluding hydrogens is 311 g/mol. The van der Waals surface area contributed by atoms with E-state index in [0.29, 0.717) is 30.9 Å². The molecule has 1 atom stereocenters. The smallest absolute Gasteiger partial charge is 0.314 e. The van der Waals surface area contributed by atoms with Gasteiger partial charge in [-0.25, -0.2) is 9.18 Å². The Morgan fingerprint density at radius 3 is 2.75 bits per heavy atom. The molecule has 6 heteroatoms. The Bertz CT molecular complexity index is 682. The minimum atomic E-state index is -1.27. The number of hydrogen-bond donors (Lipinski definition) is 3. The number of aliphatic hydroxyl groups is 1. The second kappa shape index (κ2) is 7.97. The van der Waals surface area contributed by atoms with Crippen LogP contribution in [0.3, 0.4) is 0 Å². The van der Waals surface area contributed by atoms with Crippen LogP contribution in [0.15, 0.2) is 40.8 Å². The second-order valence-corrected chi connectivity index (χ2v) is 6.03. The molecule has 2 amide bonds. The monoisotopic (exact) mass is 334 g/mol. The molecule has 24 heavy (non-hydrogen) atoms. The number of carbonyl (C=O) groups excluding carboxylic acids is 1.